The van der Waals surface area contributed by atoms with Gasteiger partial charge < -0.3 is 4.42 Å². The third-order valence-electron chi connectivity index (χ3n) is 3.12. The van der Waals surface area contributed by atoms with Gasteiger partial charge in [-0.15, -0.1) is 0 Å². The lowest BCUT2D eigenvalue weighted by Crippen LogP contribution is -2.15. The summed E-state index contributed by atoms with van der Waals surface area (Å²) in [6.45, 7) is 12.6. The zero-order valence-corrected chi connectivity index (χ0v) is 11.2. The Hall–Kier alpha value is -1.05. The number of rotatable bonds is 3. The molecule has 0 saturated heterocycles. The molecular formula is C14H22O2. The van der Waals surface area contributed by atoms with Gasteiger partial charge in [-0.3, -0.25) is 4.79 Å². The van der Waals surface area contributed by atoms with Gasteiger partial charge in [-0.1, -0.05) is 41.5 Å². The molecule has 2 heteroatoms. The summed E-state index contributed by atoms with van der Waals surface area (Å²) >= 11 is 0. The fourth-order valence-electron chi connectivity index (χ4n) is 1.59. The van der Waals surface area contributed by atoms with Gasteiger partial charge in [0.05, 0.1) is 5.56 Å². The Labute approximate surface area is 98.0 Å². The maximum atomic E-state index is 11.0. The van der Waals surface area contributed by atoms with Crippen molar-refractivity contribution < 1.29 is 9.21 Å². The van der Waals surface area contributed by atoms with Crippen molar-refractivity contribution in [1.29, 1.82) is 0 Å². The first-order chi connectivity index (χ1) is 7.22. The highest BCUT2D eigenvalue weighted by molar-refractivity contribution is 5.77. The Morgan fingerprint density at radius 3 is 2.12 bits per heavy atom. The molecule has 1 heterocycles. The van der Waals surface area contributed by atoms with Crippen LogP contribution in [0.5, 0.6) is 0 Å². The molecule has 0 aliphatic heterocycles. The number of carbonyl (C=O) groups is 1. The van der Waals surface area contributed by atoms with E-state index in [2.05, 4.69) is 41.5 Å². The first-order valence-corrected chi connectivity index (χ1v) is 5.82. The minimum Gasteiger partial charge on any atom is -0.464 e. The van der Waals surface area contributed by atoms with Crippen LogP contribution in [0.2, 0.25) is 0 Å². The van der Waals surface area contributed by atoms with E-state index in [1.54, 1.807) is 0 Å². The lowest BCUT2D eigenvalue weighted by Gasteiger charge is -2.20. The zero-order valence-electron chi connectivity index (χ0n) is 11.2. The van der Waals surface area contributed by atoms with E-state index in [1.807, 2.05) is 6.07 Å². The van der Waals surface area contributed by atoms with Crippen LogP contribution < -0.4 is 0 Å². The Bertz CT molecular complexity index is 378. The van der Waals surface area contributed by atoms with Gasteiger partial charge in [-0.25, -0.2) is 0 Å². The van der Waals surface area contributed by atoms with Crippen LogP contribution in [0.3, 0.4) is 0 Å². The lowest BCUT2D eigenvalue weighted by molar-refractivity contribution is 0.111. The summed E-state index contributed by atoms with van der Waals surface area (Å²) in [5.74, 6) is 1.70. The van der Waals surface area contributed by atoms with Gasteiger partial charge in [-0.05, 0) is 12.5 Å². The van der Waals surface area contributed by atoms with Gasteiger partial charge in [0.2, 0.25) is 0 Å². The van der Waals surface area contributed by atoms with Crippen LogP contribution in [0.15, 0.2) is 10.5 Å². The van der Waals surface area contributed by atoms with Crippen molar-refractivity contribution in [3.63, 3.8) is 0 Å². The quantitative estimate of drug-likeness (QED) is 0.721. The first kappa shape index (κ1) is 13.0. The van der Waals surface area contributed by atoms with E-state index < -0.39 is 0 Å². The summed E-state index contributed by atoms with van der Waals surface area (Å²) in [6, 6.07) is 1.89. The van der Waals surface area contributed by atoms with E-state index in [1.165, 1.54) is 0 Å². The van der Waals surface area contributed by atoms with Crippen molar-refractivity contribution in [2.45, 2.75) is 58.8 Å². The average molecular weight is 222 g/mol. The van der Waals surface area contributed by atoms with Crippen LogP contribution in [0.1, 0.15) is 69.8 Å². The molecule has 0 N–H and O–H groups in total. The molecule has 0 spiro atoms. The Morgan fingerprint density at radius 2 is 1.81 bits per heavy atom. The molecule has 90 valence electrons. The largest absolute Gasteiger partial charge is 0.464 e. The molecule has 0 bridgehead atoms. The molecule has 0 aromatic carbocycles. The molecule has 0 saturated carbocycles. The molecule has 0 aliphatic rings. The van der Waals surface area contributed by atoms with Gasteiger partial charge in [0, 0.05) is 10.8 Å². The van der Waals surface area contributed by atoms with Crippen molar-refractivity contribution >= 4 is 6.29 Å². The normalized spacial score (nSPS) is 12.9. The van der Waals surface area contributed by atoms with Gasteiger partial charge in [0.25, 0.3) is 0 Å². The molecule has 1 aromatic rings. The molecule has 2 nitrogen and oxygen atoms in total. The maximum absolute atomic E-state index is 11.0. The second kappa shape index (κ2) is 4.08. The van der Waals surface area contributed by atoms with E-state index >= 15 is 0 Å². The van der Waals surface area contributed by atoms with Gasteiger partial charge in [0.15, 0.2) is 6.29 Å². The predicted molar refractivity (Wildman–Crippen MR) is 66.1 cm³/mol. The summed E-state index contributed by atoms with van der Waals surface area (Å²) in [6.07, 6.45) is 1.88. The van der Waals surface area contributed by atoms with Crippen molar-refractivity contribution in [2.24, 2.45) is 0 Å². The van der Waals surface area contributed by atoms with Crippen LogP contribution in [-0.4, -0.2) is 6.29 Å². The van der Waals surface area contributed by atoms with Crippen LogP contribution in [0.25, 0.3) is 0 Å². The molecule has 1 rings (SSSR count). The standard InChI is InChI=1S/C14H22O2/c1-7-14(5,6)11-8-10(9-15)12(16-11)13(2,3)4/h8-9H,7H2,1-6H3. The third kappa shape index (κ3) is 2.37. The number of carbonyl (C=O) groups excluding carboxylic acids is 1. The van der Waals surface area contributed by atoms with E-state index in [9.17, 15) is 4.79 Å². The number of hydrogen-bond donors (Lipinski definition) is 0. The average Bonchev–Trinajstić information content (AvgIpc) is 2.61. The maximum Gasteiger partial charge on any atom is 0.153 e. The van der Waals surface area contributed by atoms with Crippen molar-refractivity contribution in [3.05, 3.63) is 23.2 Å². The summed E-state index contributed by atoms with van der Waals surface area (Å²) in [7, 11) is 0. The second-order valence-corrected chi connectivity index (χ2v) is 6.00. The number of furan rings is 1. The minimum atomic E-state index is -0.127. The summed E-state index contributed by atoms with van der Waals surface area (Å²) in [5, 5.41) is 0. The molecule has 0 unspecified atom stereocenters. The molecule has 0 atom stereocenters. The molecule has 0 aliphatic carbocycles. The highest BCUT2D eigenvalue weighted by Crippen LogP contribution is 2.34. The fraction of sp³-hybridized carbons (Fsp3) is 0.643. The molecule has 1 aromatic heterocycles. The molecule has 0 fully saturated rings. The Balaban J connectivity index is 3.29. The smallest absolute Gasteiger partial charge is 0.153 e. The third-order valence-corrected chi connectivity index (χ3v) is 3.12. The monoisotopic (exact) mass is 222 g/mol. The fourth-order valence-corrected chi connectivity index (χ4v) is 1.59. The SMILES string of the molecule is CCC(C)(C)c1cc(C=O)c(C(C)(C)C)o1. The lowest BCUT2D eigenvalue weighted by atomic mass is 9.87. The molecule has 0 radical (unpaired) electrons. The highest BCUT2D eigenvalue weighted by atomic mass is 16.3. The van der Waals surface area contributed by atoms with E-state index in [-0.39, 0.29) is 10.8 Å². The Morgan fingerprint density at radius 1 is 1.25 bits per heavy atom. The molecule has 0 amide bonds. The van der Waals surface area contributed by atoms with Crippen molar-refractivity contribution in [2.75, 3.05) is 0 Å². The number of aldehydes is 1. The van der Waals surface area contributed by atoms with E-state index in [4.69, 9.17) is 4.42 Å². The Kier molecular flexibility index (Phi) is 3.32. The zero-order chi connectivity index (χ0) is 12.6. The first-order valence-electron chi connectivity index (χ1n) is 5.82. The molecular weight excluding hydrogens is 200 g/mol. The van der Waals surface area contributed by atoms with Crippen LogP contribution in [0.4, 0.5) is 0 Å². The van der Waals surface area contributed by atoms with Gasteiger partial charge in [0.1, 0.15) is 11.5 Å². The van der Waals surface area contributed by atoms with Gasteiger partial charge >= 0.3 is 0 Å². The highest BCUT2D eigenvalue weighted by Gasteiger charge is 2.29. The van der Waals surface area contributed by atoms with Crippen molar-refractivity contribution in [1.82, 2.24) is 0 Å². The summed E-state index contributed by atoms with van der Waals surface area (Å²) < 4.78 is 5.89. The molecule has 16 heavy (non-hydrogen) atoms. The number of hydrogen-bond acceptors (Lipinski definition) is 2. The topological polar surface area (TPSA) is 30.2 Å². The van der Waals surface area contributed by atoms with E-state index in [0.717, 1.165) is 24.2 Å². The van der Waals surface area contributed by atoms with Crippen LogP contribution in [0, 0.1) is 0 Å². The van der Waals surface area contributed by atoms with E-state index in [0.29, 0.717) is 5.56 Å². The summed E-state index contributed by atoms with van der Waals surface area (Å²) in [5.41, 5.74) is 0.545. The summed E-state index contributed by atoms with van der Waals surface area (Å²) in [4.78, 5) is 11.0. The van der Waals surface area contributed by atoms with Gasteiger partial charge in [-0.2, -0.15) is 0 Å². The second-order valence-electron chi connectivity index (χ2n) is 6.00. The van der Waals surface area contributed by atoms with Crippen molar-refractivity contribution in [3.8, 4) is 0 Å². The van der Waals surface area contributed by atoms with Crippen LogP contribution in [-0.2, 0) is 10.8 Å². The minimum absolute atomic E-state index is 0.0126. The van der Waals surface area contributed by atoms with Crippen LogP contribution >= 0.6 is 0 Å². The predicted octanol–water partition coefficient (Wildman–Crippen LogP) is 4.08.